The van der Waals surface area contributed by atoms with Crippen LogP contribution in [0.4, 0.5) is 4.79 Å². The van der Waals surface area contributed by atoms with Gasteiger partial charge in [-0.25, -0.2) is 4.79 Å². The van der Waals surface area contributed by atoms with Crippen LogP contribution in [0.25, 0.3) is 0 Å². The van der Waals surface area contributed by atoms with Crippen molar-refractivity contribution >= 4 is 12.1 Å². The van der Waals surface area contributed by atoms with E-state index in [0.717, 1.165) is 64.4 Å². The predicted octanol–water partition coefficient (Wildman–Crippen LogP) is 1.59. The van der Waals surface area contributed by atoms with Gasteiger partial charge in [-0.1, -0.05) is 0 Å². The zero-order chi connectivity index (χ0) is 20.6. The van der Waals surface area contributed by atoms with Crippen LogP contribution in [0, 0.1) is 11.3 Å². The summed E-state index contributed by atoms with van der Waals surface area (Å²) in [6.45, 7) is 10.3. The normalized spacial score (nSPS) is 24.3. The summed E-state index contributed by atoms with van der Waals surface area (Å²) in [7, 11) is 1.77. The maximum absolute atomic E-state index is 12.2. The van der Waals surface area contributed by atoms with Gasteiger partial charge >= 0.3 is 6.09 Å². The first-order valence-corrected chi connectivity index (χ1v) is 10.4. The summed E-state index contributed by atoms with van der Waals surface area (Å²) in [5, 5.41) is 16.1. The fraction of sp³-hybridized carbons (Fsp3) is 0.900. The standard InChI is InChI=1S/C20H38N4O4/c1-19(2,3)28-18(26)24-9-5-16(6-10-24)13-22-17(21-4)23-14-20(7-11-25)8-12-27-15-20/h16,25H,5-15H2,1-4H3,(H2,21,22,23). The molecule has 2 fully saturated rings. The second kappa shape index (κ2) is 10.3. The molecule has 0 saturated carbocycles. The molecule has 2 aliphatic rings. The van der Waals surface area contributed by atoms with Crippen molar-refractivity contribution in [3.8, 4) is 0 Å². The van der Waals surface area contributed by atoms with E-state index in [1.54, 1.807) is 11.9 Å². The number of nitrogens with one attached hydrogen (secondary N) is 2. The molecule has 0 aromatic carbocycles. The number of aliphatic imine (C=N–C) groups is 1. The van der Waals surface area contributed by atoms with Crippen molar-refractivity contribution in [2.24, 2.45) is 16.3 Å². The zero-order valence-corrected chi connectivity index (χ0v) is 17.9. The number of carbonyl (C=O) groups is 1. The van der Waals surface area contributed by atoms with Crippen LogP contribution in [-0.2, 0) is 9.47 Å². The monoisotopic (exact) mass is 398 g/mol. The molecule has 1 amide bonds. The molecule has 2 rings (SSSR count). The number of nitrogens with zero attached hydrogens (tertiary/aromatic N) is 2. The van der Waals surface area contributed by atoms with Crippen LogP contribution < -0.4 is 10.6 Å². The first-order valence-electron chi connectivity index (χ1n) is 10.4. The Hall–Kier alpha value is -1.54. The molecule has 2 saturated heterocycles. The molecule has 28 heavy (non-hydrogen) atoms. The Kier molecular flexibility index (Phi) is 8.37. The van der Waals surface area contributed by atoms with Gasteiger partial charge in [0, 0.05) is 51.9 Å². The van der Waals surface area contributed by atoms with Crippen molar-refractivity contribution < 1.29 is 19.4 Å². The lowest BCUT2D eigenvalue weighted by Crippen LogP contribution is -2.47. The fourth-order valence-electron chi connectivity index (χ4n) is 3.69. The topological polar surface area (TPSA) is 95.4 Å². The zero-order valence-electron chi connectivity index (χ0n) is 17.9. The average molecular weight is 399 g/mol. The van der Waals surface area contributed by atoms with Gasteiger partial charge in [0.05, 0.1) is 6.61 Å². The molecule has 1 atom stereocenters. The number of hydrogen-bond acceptors (Lipinski definition) is 5. The van der Waals surface area contributed by atoms with Gasteiger partial charge < -0.3 is 30.1 Å². The molecule has 0 aromatic rings. The Bertz CT molecular complexity index is 519. The second-order valence-electron chi connectivity index (χ2n) is 8.99. The van der Waals surface area contributed by atoms with E-state index >= 15 is 0 Å². The molecule has 8 nitrogen and oxygen atoms in total. The molecule has 2 aliphatic heterocycles. The Morgan fingerprint density at radius 2 is 2.04 bits per heavy atom. The van der Waals surface area contributed by atoms with E-state index < -0.39 is 5.60 Å². The van der Waals surface area contributed by atoms with Crippen LogP contribution in [0.5, 0.6) is 0 Å². The molecule has 0 spiro atoms. The summed E-state index contributed by atoms with van der Waals surface area (Å²) in [4.78, 5) is 18.3. The lowest BCUT2D eigenvalue weighted by Gasteiger charge is -2.34. The molecular formula is C20H38N4O4. The lowest BCUT2D eigenvalue weighted by atomic mass is 9.84. The van der Waals surface area contributed by atoms with E-state index in [-0.39, 0.29) is 18.1 Å². The number of aliphatic hydroxyl groups is 1. The number of rotatable bonds is 6. The largest absolute Gasteiger partial charge is 0.444 e. The van der Waals surface area contributed by atoms with E-state index in [1.165, 1.54) is 0 Å². The van der Waals surface area contributed by atoms with Gasteiger partial charge in [-0.15, -0.1) is 0 Å². The van der Waals surface area contributed by atoms with Crippen molar-refractivity contribution in [3.63, 3.8) is 0 Å². The first kappa shape index (κ1) is 22.7. The summed E-state index contributed by atoms with van der Waals surface area (Å²) >= 11 is 0. The van der Waals surface area contributed by atoms with Crippen molar-refractivity contribution in [3.05, 3.63) is 0 Å². The Labute approximate surface area is 169 Å². The second-order valence-corrected chi connectivity index (χ2v) is 8.99. The molecule has 0 radical (unpaired) electrons. The van der Waals surface area contributed by atoms with Crippen LogP contribution in [0.2, 0.25) is 0 Å². The van der Waals surface area contributed by atoms with E-state index in [2.05, 4.69) is 15.6 Å². The first-order chi connectivity index (χ1) is 13.3. The van der Waals surface area contributed by atoms with Gasteiger partial charge in [0.1, 0.15) is 5.60 Å². The minimum atomic E-state index is -0.453. The van der Waals surface area contributed by atoms with E-state index in [4.69, 9.17) is 9.47 Å². The van der Waals surface area contributed by atoms with Crippen molar-refractivity contribution in [2.75, 3.05) is 53.0 Å². The molecule has 2 heterocycles. The van der Waals surface area contributed by atoms with Gasteiger partial charge in [-0.05, 0) is 52.4 Å². The fourth-order valence-corrected chi connectivity index (χ4v) is 3.69. The third-order valence-corrected chi connectivity index (χ3v) is 5.51. The maximum atomic E-state index is 12.2. The van der Waals surface area contributed by atoms with Crippen LogP contribution in [0.3, 0.4) is 0 Å². The summed E-state index contributed by atoms with van der Waals surface area (Å²) < 4.78 is 11.0. The summed E-state index contributed by atoms with van der Waals surface area (Å²) in [6, 6.07) is 0. The SMILES string of the molecule is CN=C(NCC1CCN(C(=O)OC(C)(C)C)CC1)NCC1(CCO)CCOC1. The van der Waals surface area contributed by atoms with Crippen molar-refractivity contribution in [2.45, 2.75) is 52.1 Å². The van der Waals surface area contributed by atoms with E-state index in [0.29, 0.717) is 12.5 Å². The quantitative estimate of drug-likeness (QED) is 0.465. The summed E-state index contributed by atoms with van der Waals surface area (Å²) in [6.07, 6.45) is 3.38. The predicted molar refractivity (Wildman–Crippen MR) is 109 cm³/mol. The molecule has 162 valence electrons. The highest BCUT2D eigenvalue weighted by atomic mass is 16.6. The number of ether oxygens (including phenoxy) is 2. The summed E-state index contributed by atoms with van der Waals surface area (Å²) in [5.41, 5.74) is -0.462. The molecule has 8 heteroatoms. The summed E-state index contributed by atoms with van der Waals surface area (Å²) in [5.74, 6) is 1.28. The smallest absolute Gasteiger partial charge is 0.410 e. The third kappa shape index (κ3) is 7.13. The molecule has 3 N–H and O–H groups in total. The minimum absolute atomic E-state index is 0.00880. The number of likely N-dealkylation sites (tertiary alicyclic amines) is 1. The van der Waals surface area contributed by atoms with Crippen molar-refractivity contribution in [1.82, 2.24) is 15.5 Å². The molecule has 0 bridgehead atoms. The van der Waals surface area contributed by atoms with Crippen molar-refractivity contribution in [1.29, 1.82) is 0 Å². The molecule has 0 aliphatic carbocycles. The molecule has 1 unspecified atom stereocenters. The van der Waals surface area contributed by atoms with E-state index in [1.807, 2.05) is 20.8 Å². The van der Waals surface area contributed by atoms with Gasteiger partial charge in [0.25, 0.3) is 0 Å². The molecule has 0 aromatic heterocycles. The van der Waals surface area contributed by atoms with E-state index in [9.17, 15) is 9.90 Å². The number of piperidine rings is 1. The van der Waals surface area contributed by atoms with Gasteiger partial charge in [0.15, 0.2) is 5.96 Å². The number of amides is 1. The number of carbonyl (C=O) groups excluding carboxylic acids is 1. The van der Waals surface area contributed by atoms with Gasteiger partial charge in [-0.3, -0.25) is 4.99 Å². The highest BCUT2D eigenvalue weighted by molar-refractivity contribution is 5.79. The Balaban J connectivity index is 1.71. The number of aliphatic hydroxyl groups excluding tert-OH is 1. The maximum Gasteiger partial charge on any atom is 0.410 e. The lowest BCUT2D eigenvalue weighted by molar-refractivity contribution is 0.0185. The molecular weight excluding hydrogens is 360 g/mol. The van der Waals surface area contributed by atoms with Gasteiger partial charge in [-0.2, -0.15) is 0 Å². The minimum Gasteiger partial charge on any atom is -0.444 e. The number of guanidine groups is 1. The van der Waals surface area contributed by atoms with Crippen LogP contribution in [-0.4, -0.2) is 80.7 Å². The third-order valence-electron chi connectivity index (χ3n) is 5.51. The Morgan fingerprint density at radius 1 is 1.32 bits per heavy atom. The average Bonchev–Trinajstić information content (AvgIpc) is 3.10. The van der Waals surface area contributed by atoms with Crippen LogP contribution in [0.1, 0.15) is 46.5 Å². The highest BCUT2D eigenvalue weighted by Gasteiger charge is 2.34. The Morgan fingerprint density at radius 3 is 2.57 bits per heavy atom. The highest BCUT2D eigenvalue weighted by Crippen LogP contribution is 2.31. The number of hydrogen-bond donors (Lipinski definition) is 3. The van der Waals surface area contributed by atoms with Gasteiger partial charge in [0.2, 0.25) is 0 Å². The van der Waals surface area contributed by atoms with Crippen LogP contribution >= 0.6 is 0 Å². The van der Waals surface area contributed by atoms with Crippen LogP contribution in [0.15, 0.2) is 4.99 Å².